The van der Waals surface area contributed by atoms with Crippen LogP contribution in [0.3, 0.4) is 0 Å². The van der Waals surface area contributed by atoms with E-state index < -0.39 is 5.60 Å². The van der Waals surface area contributed by atoms with Crippen LogP contribution in [0.15, 0.2) is 0 Å². The van der Waals surface area contributed by atoms with Gasteiger partial charge in [0.1, 0.15) is 0 Å². The van der Waals surface area contributed by atoms with Gasteiger partial charge in [-0.1, -0.05) is 6.92 Å². The maximum absolute atomic E-state index is 9.87. The zero-order chi connectivity index (χ0) is 10.6. The first-order valence-electron chi connectivity index (χ1n) is 5.66. The van der Waals surface area contributed by atoms with Crippen LogP contribution in [0, 0.1) is 0 Å². The van der Waals surface area contributed by atoms with Crippen molar-refractivity contribution < 1.29 is 10.2 Å². The molecule has 1 fully saturated rings. The van der Waals surface area contributed by atoms with Crippen molar-refractivity contribution in [1.29, 1.82) is 0 Å². The van der Waals surface area contributed by atoms with E-state index in [1.54, 1.807) is 0 Å². The van der Waals surface area contributed by atoms with Gasteiger partial charge in [-0.25, -0.2) is 0 Å². The zero-order valence-corrected chi connectivity index (χ0v) is 9.37. The second-order valence-corrected chi connectivity index (χ2v) is 4.71. The molecular weight excluding hydrogens is 178 g/mol. The number of aliphatic hydroxyl groups is 2. The van der Waals surface area contributed by atoms with Crippen molar-refractivity contribution in [2.45, 2.75) is 51.2 Å². The van der Waals surface area contributed by atoms with E-state index in [2.05, 4.69) is 4.90 Å². The summed E-state index contributed by atoms with van der Waals surface area (Å²) in [4.78, 5) is 2.26. The van der Waals surface area contributed by atoms with Crippen molar-refractivity contribution in [3.8, 4) is 0 Å². The molecular formula is C11H23NO2. The Hall–Kier alpha value is -0.120. The fourth-order valence-electron chi connectivity index (χ4n) is 1.93. The second-order valence-electron chi connectivity index (χ2n) is 4.71. The molecule has 84 valence electrons. The van der Waals surface area contributed by atoms with Crippen molar-refractivity contribution >= 4 is 0 Å². The Balaban J connectivity index is 2.35. The van der Waals surface area contributed by atoms with Crippen molar-refractivity contribution in [1.82, 2.24) is 4.90 Å². The average Bonchev–Trinajstić information content (AvgIpc) is 2.28. The Kier molecular flexibility index (Phi) is 4.35. The first kappa shape index (κ1) is 12.0. The topological polar surface area (TPSA) is 43.7 Å². The zero-order valence-electron chi connectivity index (χ0n) is 9.37. The molecule has 3 nitrogen and oxygen atoms in total. The Morgan fingerprint density at radius 1 is 1.36 bits per heavy atom. The van der Waals surface area contributed by atoms with E-state index >= 15 is 0 Å². The fraction of sp³-hybridized carbons (Fsp3) is 1.00. The van der Waals surface area contributed by atoms with Crippen molar-refractivity contribution in [2.24, 2.45) is 0 Å². The van der Waals surface area contributed by atoms with Crippen LogP contribution in [0.25, 0.3) is 0 Å². The lowest BCUT2D eigenvalue weighted by atomic mass is 9.98. The lowest BCUT2D eigenvalue weighted by Gasteiger charge is -2.24. The standard InChI is InChI=1S/C11H23NO2/c1-3-10(13)9-12-7-4-5-11(2,14)6-8-12/h10,13-14H,3-9H2,1-2H3. The minimum absolute atomic E-state index is 0.210. The van der Waals surface area contributed by atoms with Crippen molar-refractivity contribution in [3.63, 3.8) is 0 Å². The van der Waals surface area contributed by atoms with E-state index in [1.165, 1.54) is 0 Å². The van der Waals surface area contributed by atoms with Crippen LogP contribution in [0.2, 0.25) is 0 Å². The Morgan fingerprint density at radius 3 is 2.71 bits per heavy atom. The molecule has 1 saturated heterocycles. The van der Waals surface area contributed by atoms with Gasteiger partial charge in [0.25, 0.3) is 0 Å². The molecule has 0 amide bonds. The third-order valence-corrected chi connectivity index (χ3v) is 3.10. The molecule has 2 atom stereocenters. The minimum atomic E-state index is -0.494. The quantitative estimate of drug-likeness (QED) is 0.716. The molecule has 0 aromatic carbocycles. The molecule has 1 aliphatic heterocycles. The van der Waals surface area contributed by atoms with Crippen LogP contribution in [-0.2, 0) is 0 Å². The number of β-amino-alcohol motifs (C(OH)–C–C–N with tert-alkyl or cyclic N) is 1. The van der Waals surface area contributed by atoms with E-state index in [0.29, 0.717) is 0 Å². The molecule has 1 aliphatic rings. The van der Waals surface area contributed by atoms with Gasteiger partial charge in [-0.3, -0.25) is 0 Å². The summed E-state index contributed by atoms with van der Waals surface area (Å²) in [6.07, 6.45) is 3.34. The van der Waals surface area contributed by atoms with E-state index in [9.17, 15) is 10.2 Å². The van der Waals surface area contributed by atoms with Gasteiger partial charge in [-0.2, -0.15) is 0 Å². The summed E-state index contributed by atoms with van der Waals surface area (Å²) in [6, 6.07) is 0. The molecule has 0 aromatic rings. The van der Waals surface area contributed by atoms with Crippen LogP contribution in [0.4, 0.5) is 0 Å². The maximum Gasteiger partial charge on any atom is 0.0664 e. The summed E-state index contributed by atoms with van der Waals surface area (Å²) >= 11 is 0. The summed E-state index contributed by atoms with van der Waals surface area (Å²) in [5.41, 5.74) is -0.494. The molecule has 0 spiro atoms. The first-order valence-corrected chi connectivity index (χ1v) is 5.66. The Bertz CT molecular complexity index is 171. The summed E-state index contributed by atoms with van der Waals surface area (Å²) < 4.78 is 0. The molecule has 0 bridgehead atoms. The monoisotopic (exact) mass is 201 g/mol. The average molecular weight is 201 g/mol. The molecule has 3 heteroatoms. The van der Waals surface area contributed by atoms with E-state index in [-0.39, 0.29) is 6.10 Å². The largest absolute Gasteiger partial charge is 0.392 e. The lowest BCUT2D eigenvalue weighted by molar-refractivity contribution is 0.0420. The molecule has 0 aliphatic carbocycles. The van der Waals surface area contributed by atoms with E-state index in [1.807, 2.05) is 13.8 Å². The molecule has 1 heterocycles. The maximum atomic E-state index is 9.87. The normalized spacial score (nSPS) is 32.6. The second kappa shape index (κ2) is 5.10. The smallest absolute Gasteiger partial charge is 0.0664 e. The van der Waals surface area contributed by atoms with E-state index in [0.717, 1.165) is 45.3 Å². The molecule has 14 heavy (non-hydrogen) atoms. The highest BCUT2D eigenvalue weighted by Crippen LogP contribution is 2.21. The summed E-state index contributed by atoms with van der Waals surface area (Å²) in [7, 11) is 0. The lowest BCUT2D eigenvalue weighted by Crippen LogP contribution is -2.34. The highest BCUT2D eigenvalue weighted by Gasteiger charge is 2.25. The Morgan fingerprint density at radius 2 is 2.07 bits per heavy atom. The first-order chi connectivity index (χ1) is 6.53. The molecule has 2 N–H and O–H groups in total. The van der Waals surface area contributed by atoms with Gasteiger partial charge in [0.15, 0.2) is 0 Å². The number of aliphatic hydroxyl groups excluding tert-OH is 1. The number of likely N-dealkylation sites (tertiary alicyclic amines) is 1. The number of nitrogens with zero attached hydrogens (tertiary/aromatic N) is 1. The van der Waals surface area contributed by atoms with Crippen molar-refractivity contribution in [3.05, 3.63) is 0 Å². The molecule has 2 unspecified atom stereocenters. The predicted molar refractivity (Wildman–Crippen MR) is 57.2 cm³/mol. The SMILES string of the molecule is CCC(O)CN1CCCC(C)(O)CC1. The third kappa shape index (κ3) is 3.95. The van der Waals surface area contributed by atoms with Gasteiger partial charge in [0, 0.05) is 13.1 Å². The molecule has 0 radical (unpaired) electrons. The van der Waals surface area contributed by atoms with Crippen LogP contribution in [0.1, 0.15) is 39.5 Å². The number of hydrogen-bond donors (Lipinski definition) is 2. The van der Waals surface area contributed by atoms with Crippen LogP contribution >= 0.6 is 0 Å². The third-order valence-electron chi connectivity index (χ3n) is 3.10. The van der Waals surface area contributed by atoms with Gasteiger partial charge in [0.2, 0.25) is 0 Å². The van der Waals surface area contributed by atoms with Crippen LogP contribution in [0.5, 0.6) is 0 Å². The van der Waals surface area contributed by atoms with Gasteiger partial charge in [-0.15, -0.1) is 0 Å². The molecule has 0 saturated carbocycles. The number of rotatable bonds is 3. The van der Waals surface area contributed by atoms with Crippen molar-refractivity contribution in [2.75, 3.05) is 19.6 Å². The summed E-state index contributed by atoms with van der Waals surface area (Å²) in [6.45, 7) is 6.58. The molecule has 1 rings (SSSR count). The highest BCUT2D eigenvalue weighted by molar-refractivity contribution is 4.79. The Labute approximate surface area is 86.7 Å². The number of hydrogen-bond acceptors (Lipinski definition) is 3. The van der Waals surface area contributed by atoms with Crippen LogP contribution in [-0.4, -0.2) is 46.5 Å². The summed E-state index contributed by atoms with van der Waals surface area (Å²) in [5.74, 6) is 0. The highest BCUT2D eigenvalue weighted by atomic mass is 16.3. The van der Waals surface area contributed by atoms with E-state index in [4.69, 9.17) is 0 Å². The minimum Gasteiger partial charge on any atom is -0.392 e. The van der Waals surface area contributed by atoms with Gasteiger partial charge in [-0.05, 0) is 39.2 Å². The van der Waals surface area contributed by atoms with Gasteiger partial charge in [0.05, 0.1) is 11.7 Å². The van der Waals surface area contributed by atoms with Gasteiger partial charge < -0.3 is 15.1 Å². The molecule has 0 aromatic heterocycles. The van der Waals surface area contributed by atoms with Gasteiger partial charge >= 0.3 is 0 Å². The fourth-order valence-corrected chi connectivity index (χ4v) is 1.93. The summed E-state index contributed by atoms with van der Waals surface area (Å²) in [5, 5.41) is 19.4. The predicted octanol–water partition coefficient (Wildman–Crippen LogP) is 0.994. The van der Waals surface area contributed by atoms with Crippen LogP contribution < -0.4 is 0 Å².